The molecule has 6 heteroatoms. The molecule has 4 saturated heterocycles. The molecule has 1 saturated carbocycles. The topological polar surface area (TPSA) is 49.4 Å². The first kappa shape index (κ1) is 16.9. The number of fused-ring (bicyclic) bond motifs is 4. The first-order valence-corrected chi connectivity index (χ1v) is 10.2. The van der Waals surface area contributed by atoms with E-state index in [1.54, 1.807) is 0 Å². The number of hydrogen-bond donors (Lipinski definition) is 0. The Balaban J connectivity index is 1.32. The third-order valence-corrected chi connectivity index (χ3v) is 6.71. The van der Waals surface area contributed by atoms with Crippen LogP contribution in [0.5, 0.6) is 0 Å². The van der Waals surface area contributed by atoms with Crippen LogP contribution in [0.2, 0.25) is 0 Å². The molecule has 1 aromatic carbocycles. The van der Waals surface area contributed by atoms with Gasteiger partial charge in [0.2, 0.25) is 0 Å². The lowest BCUT2D eigenvalue weighted by Gasteiger charge is -2.45. The van der Waals surface area contributed by atoms with Gasteiger partial charge in [-0.3, -0.25) is 4.84 Å². The Kier molecular flexibility index (Phi) is 3.75. The summed E-state index contributed by atoms with van der Waals surface area (Å²) in [6, 6.07) is 10.7. The molecule has 0 N–H and O–H groups in total. The van der Waals surface area contributed by atoms with Crippen LogP contribution >= 0.6 is 0 Å². The fraction of sp³-hybridized carbons (Fsp3) is 0.714. The summed E-state index contributed by atoms with van der Waals surface area (Å²) < 4.78 is 25.1. The molecule has 0 radical (unpaired) electrons. The minimum Gasteiger partial charge on any atom is -0.369 e. The maximum Gasteiger partial charge on any atom is 0.190 e. The average Bonchev–Trinajstić information content (AvgIpc) is 3.26. The SMILES string of the molecule is CC1(C)O[C@H]2O[C@H]3[C@H](O[C@@H]4CCC[C@H]5ON(Cc6ccccc6)[C@H]3[C@@H]45)[C@H]2O1. The van der Waals surface area contributed by atoms with Crippen molar-refractivity contribution in [3.8, 4) is 0 Å². The van der Waals surface area contributed by atoms with Crippen molar-refractivity contribution in [3.05, 3.63) is 35.9 Å². The fourth-order valence-corrected chi connectivity index (χ4v) is 5.73. The summed E-state index contributed by atoms with van der Waals surface area (Å²) in [7, 11) is 0. The Hall–Kier alpha value is -1.02. The van der Waals surface area contributed by atoms with Crippen molar-refractivity contribution >= 4 is 0 Å². The highest BCUT2D eigenvalue weighted by atomic mass is 16.8. The van der Waals surface area contributed by atoms with E-state index in [2.05, 4.69) is 29.3 Å². The molecule has 1 aliphatic carbocycles. The summed E-state index contributed by atoms with van der Waals surface area (Å²) in [5, 5.41) is 2.16. The van der Waals surface area contributed by atoms with Gasteiger partial charge in [0.1, 0.15) is 18.3 Å². The molecular formula is C21H27NO5. The summed E-state index contributed by atoms with van der Waals surface area (Å²) in [4.78, 5) is 6.45. The highest BCUT2D eigenvalue weighted by molar-refractivity contribution is 5.16. The maximum absolute atomic E-state index is 6.56. The van der Waals surface area contributed by atoms with Crippen molar-refractivity contribution in [2.75, 3.05) is 0 Å². The lowest BCUT2D eigenvalue weighted by atomic mass is 9.75. The Morgan fingerprint density at radius 1 is 0.963 bits per heavy atom. The van der Waals surface area contributed by atoms with Crippen LogP contribution in [0.4, 0.5) is 0 Å². The number of benzene rings is 1. The normalized spacial score (nSPS) is 47.5. The predicted molar refractivity (Wildman–Crippen MR) is 95.3 cm³/mol. The van der Waals surface area contributed by atoms with Crippen LogP contribution in [0, 0.1) is 5.92 Å². The van der Waals surface area contributed by atoms with E-state index < -0.39 is 5.79 Å². The predicted octanol–water partition coefficient (Wildman–Crippen LogP) is 2.61. The second-order valence-corrected chi connectivity index (χ2v) is 8.91. The van der Waals surface area contributed by atoms with Gasteiger partial charge in [0.15, 0.2) is 12.1 Å². The Morgan fingerprint density at radius 2 is 1.78 bits per heavy atom. The lowest BCUT2D eigenvalue weighted by Crippen LogP contribution is -2.59. The molecule has 0 amide bonds. The number of hydrogen-bond acceptors (Lipinski definition) is 6. The van der Waals surface area contributed by atoms with E-state index in [-0.39, 0.29) is 42.9 Å². The Bertz CT molecular complexity index is 712. The van der Waals surface area contributed by atoms with Crippen LogP contribution in [0.1, 0.15) is 38.7 Å². The molecule has 5 aliphatic rings. The van der Waals surface area contributed by atoms with Gasteiger partial charge < -0.3 is 18.9 Å². The largest absolute Gasteiger partial charge is 0.369 e. The molecule has 4 heterocycles. The molecule has 27 heavy (non-hydrogen) atoms. The number of hydroxylamine groups is 2. The molecule has 6 rings (SSSR count). The second-order valence-electron chi connectivity index (χ2n) is 8.91. The minimum atomic E-state index is -0.620. The molecule has 0 unspecified atom stereocenters. The van der Waals surface area contributed by atoms with E-state index in [9.17, 15) is 0 Å². The van der Waals surface area contributed by atoms with E-state index in [1.165, 1.54) is 5.56 Å². The van der Waals surface area contributed by atoms with Crippen molar-refractivity contribution in [3.63, 3.8) is 0 Å². The third kappa shape index (κ3) is 2.62. The average molecular weight is 373 g/mol. The first-order chi connectivity index (χ1) is 13.1. The Labute approximate surface area is 159 Å². The summed E-state index contributed by atoms with van der Waals surface area (Å²) in [5.74, 6) is -0.263. The molecular weight excluding hydrogens is 346 g/mol. The van der Waals surface area contributed by atoms with Crippen molar-refractivity contribution < 1.29 is 23.8 Å². The molecule has 146 valence electrons. The monoisotopic (exact) mass is 373 g/mol. The van der Waals surface area contributed by atoms with E-state index >= 15 is 0 Å². The minimum absolute atomic E-state index is 0.0795. The van der Waals surface area contributed by atoms with Crippen LogP contribution in [0.3, 0.4) is 0 Å². The quantitative estimate of drug-likeness (QED) is 0.794. The summed E-state index contributed by atoms with van der Waals surface area (Å²) in [6.45, 7) is 4.64. The van der Waals surface area contributed by atoms with Gasteiger partial charge in [-0.1, -0.05) is 30.3 Å². The van der Waals surface area contributed by atoms with E-state index in [0.717, 1.165) is 25.8 Å². The fourth-order valence-electron chi connectivity index (χ4n) is 5.73. The Morgan fingerprint density at radius 3 is 2.63 bits per heavy atom. The van der Waals surface area contributed by atoms with E-state index in [1.807, 2.05) is 19.9 Å². The van der Waals surface area contributed by atoms with Gasteiger partial charge in [-0.2, -0.15) is 5.06 Å². The standard InChI is InChI=1S/C21H27NO5/c1-21(2)25-19-18-17(24-20(19)26-21)16-15-13(23-18)9-6-10-14(15)27-22(16)11-12-7-4-3-5-8-12/h3-5,7-8,13-20H,6,9-11H2,1-2H3/t13-,14-,15+,16+,17-,18+,19-,20-/m1/s1. The zero-order valence-electron chi connectivity index (χ0n) is 15.8. The second kappa shape index (κ2) is 5.99. The van der Waals surface area contributed by atoms with E-state index in [0.29, 0.717) is 5.92 Å². The van der Waals surface area contributed by atoms with Gasteiger partial charge in [-0.15, -0.1) is 0 Å². The zero-order valence-corrected chi connectivity index (χ0v) is 15.8. The van der Waals surface area contributed by atoms with Gasteiger partial charge in [0.25, 0.3) is 0 Å². The number of ether oxygens (including phenoxy) is 4. The van der Waals surface area contributed by atoms with Crippen LogP contribution in [0.15, 0.2) is 30.3 Å². The maximum atomic E-state index is 6.56. The van der Waals surface area contributed by atoms with Crippen LogP contribution in [0.25, 0.3) is 0 Å². The van der Waals surface area contributed by atoms with Crippen LogP contribution < -0.4 is 0 Å². The molecule has 4 aliphatic heterocycles. The molecule has 8 atom stereocenters. The molecule has 0 bridgehead atoms. The molecule has 5 fully saturated rings. The van der Waals surface area contributed by atoms with Crippen molar-refractivity contribution in [1.82, 2.24) is 5.06 Å². The summed E-state index contributed by atoms with van der Waals surface area (Å²) in [5.41, 5.74) is 1.25. The molecule has 6 nitrogen and oxygen atoms in total. The smallest absolute Gasteiger partial charge is 0.190 e. The molecule has 0 aromatic heterocycles. The van der Waals surface area contributed by atoms with Crippen molar-refractivity contribution in [2.45, 2.75) is 88.3 Å². The van der Waals surface area contributed by atoms with Crippen LogP contribution in [-0.2, 0) is 30.3 Å². The molecule has 1 aromatic rings. The third-order valence-electron chi connectivity index (χ3n) is 6.71. The van der Waals surface area contributed by atoms with Crippen LogP contribution in [-0.4, -0.2) is 53.7 Å². The van der Waals surface area contributed by atoms with Gasteiger partial charge in [-0.25, -0.2) is 0 Å². The van der Waals surface area contributed by atoms with Crippen molar-refractivity contribution in [2.24, 2.45) is 5.92 Å². The van der Waals surface area contributed by atoms with Gasteiger partial charge in [0.05, 0.1) is 18.2 Å². The summed E-state index contributed by atoms with van der Waals surface area (Å²) in [6.07, 6.45) is 3.07. The number of nitrogens with zero attached hydrogens (tertiary/aromatic N) is 1. The summed E-state index contributed by atoms with van der Waals surface area (Å²) >= 11 is 0. The van der Waals surface area contributed by atoms with Gasteiger partial charge >= 0.3 is 0 Å². The first-order valence-electron chi connectivity index (χ1n) is 10.2. The van der Waals surface area contributed by atoms with Gasteiger partial charge in [-0.05, 0) is 38.7 Å². The lowest BCUT2D eigenvalue weighted by molar-refractivity contribution is -0.255. The van der Waals surface area contributed by atoms with E-state index in [4.69, 9.17) is 23.8 Å². The zero-order chi connectivity index (χ0) is 18.2. The number of rotatable bonds is 2. The highest BCUT2D eigenvalue weighted by Crippen LogP contribution is 2.51. The highest BCUT2D eigenvalue weighted by Gasteiger charge is 2.66. The molecule has 0 spiro atoms. The van der Waals surface area contributed by atoms with Crippen molar-refractivity contribution in [1.29, 1.82) is 0 Å². The van der Waals surface area contributed by atoms with Gasteiger partial charge in [0, 0.05) is 12.5 Å².